The molecule has 0 spiro atoms. The molecule has 0 radical (unpaired) electrons. The van der Waals surface area contributed by atoms with Gasteiger partial charge < -0.3 is 5.11 Å². The van der Waals surface area contributed by atoms with Crippen molar-refractivity contribution in [2.24, 2.45) is 0 Å². The minimum absolute atomic E-state index is 0.0656. The zero-order valence-electron chi connectivity index (χ0n) is 8.94. The number of Topliss-reactive ketones (excluding diaryl/α,β-unsaturated/α-hetero) is 1. The second kappa shape index (κ2) is 5.47. The summed E-state index contributed by atoms with van der Waals surface area (Å²) in [6.45, 7) is 5.44. The van der Waals surface area contributed by atoms with Crippen LogP contribution in [0.15, 0.2) is 36.9 Å². The van der Waals surface area contributed by atoms with Crippen molar-refractivity contribution in [1.82, 2.24) is 0 Å². The summed E-state index contributed by atoms with van der Waals surface area (Å²) in [4.78, 5) is 11.6. The van der Waals surface area contributed by atoms with E-state index in [0.29, 0.717) is 18.4 Å². The maximum atomic E-state index is 11.6. The van der Waals surface area contributed by atoms with Crippen LogP contribution in [-0.4, -0.2) is 17.0 Å². The lowest BCUT2D eigenvalue weighted by Crippen LogP contribution is -2.06. The maximum Gasteiger partial charge on any atom is 0.162 e. The summed E-state index contributed by atoms with van der Waals surface area (Å²) in [6, 6.07) is 7.46. The summed E-state index contributed by atoms with van der Waals surface area (Å²) in [7, 11) is 0. The molecule has 1 aromatic carbocycles. The van der Waals surface area contributed by atoms with Crippen LogP contribution in [0.3, 0.4) is 0 Å². The van der Waals surface area contributed by atoms with E-state index in [1.165, 1.54) is 6.08 Å². The predicted molar refractivity (Wildman–Crippen MR) is 60.9 cm³/mol. The van der Waals surface area contributed by atoms with Crippen molar-refractivity contribution in [3.8, 4) is 0 Å². The molecule has 0 aliphatic carbocycles. The highest BCUT2D eigenvalue weighted by atomic mass is 16.3. The van der Waals surface area contributed by atoms with Gasteiger partial charge in [-0.2, -0.15) is 0 Å². The van der Waals surface area contributed by atoms with Gasteiger partial charge in [-0.3, -0.25) is 4.79 Å². The van der Waals surface area contributed by atoms with Gasteiger partial charge in [0, 0.05) is 12.0 Å². The Hall–Kier alpha value is -1.41. The molecule has 0 amide bonds. The van der Waals surface area contributed by atoms with Crippen molar-refractivity contribution in [2.45, 2.75) is 25.9 Å². The third-order valence-electron chi connectivity index (χ3n) is 2.31. The minimum atomic E-state index is -0.584. The number of carbonyl (C=O) groups is 1. The molecule has 0 aliphatic rings. The molecule has 15 heavy (non-hydrogen) atoms. The average molecular weight is 204 g/mol. The standard InChI is InChI=1S/C13H16O2/c1-3-12(14)8-9-13(15)11-6-4-10(2)5-7-11/h3-7,12,14H,1,8-9H2,2H3. The summed E-state index contributed by atoms with van der Waals surface area (Å²) in [5.41, 5.74) is 1.84. The molecule has 2 heteroatoms. The van der Waals surface area contributed by atoms with Gasteiger partial charge in [-0.25, -0.2) is 0 Å². The molecule has 0 bridgehead atoms. The van der Waals surface area contributed by atoms with Crippen molar-refractivity contribution < 1.29 is 9.90 Å². The molecule has 0 heterocycles. The summed E-state index contributed by atoms with van der Waals surface area (Å²) >= 11 is 0. The fourth-order valence-corrected chi connectivity index (χ4v) is 1.28. The van der Waals surface area contributed by atoms with Gasteiger partial charge in [0.2, 0.25) is 0 Å². The van der Waals surface area contributed by atoms with E-state index < -0.39 is 6.10 Å². The summed E-state index contributed by atoms with van der Waals surface area (Å²) < 4.78 is 0. The van der Waals surface area contributed by atoms with Gasteiger partial charge in [-0.1, -0.05) is 35.9 Å². The molecule has 1 rings (SSSR count). The van der Waals surface area contributed by atoms with E-state index in [1.807, 2.05) is 31.2 Å². The highest BCUT2D eigenvalue weighted by molar-refractivity contribution is 5.96. The number of aryl methyl sites for hydroxylation is 1. The molecule has 0 fully saturated rings. The number of rotatable bonds is 5. The monoisotopic (exact) mass is 204 g/mol. The summed E-state index contributed by atoms with van der Waals surface area (Å²) in [6.07, 6.45) is 1.66. The Balaban J connectivity index is 2.54. The highest BCUT2D eigenvalue weighted by Gasteiger charge is 2.07. The van der Waals surface area contributed by atoms with Crippen molar-refractivity contribution in [3.05, 3.63) is 48.0 Å². The normalized spacial score (nSPS) is 12.1. The number of hydrogen-bond donors (Lipinski definition) is 1. The average Bonchev–Trinajstić information content (AvgIpc) is 2.26. The van der Waals surface area contributed by atoms with E-state index in [9.17, 15) is 9.90 Å². The van der Waals surface area contributed by atoms with Gasteiger partial charge in [0.15, 0.2) is 5.78 Å². The Kier molecular flexibility index (Phi) is 4.25. The van der Waals surface area contributed by atoms with Gasteiger partial charge >= 0.3 is 0 Å². The fourth-order valence-electron chi connectivity index (χ4n) is 1.28. The van der Waals surface area contributed by atoms with E-state index in [-0.39, 0.29) is 5.78 Å². The predicted octanol–water partition coefficient (Wildman–Crippen LogP) is 2.50. The van der Waals surface area contributed by atoms with Crippen LogP contribution < -0.4 is 0 Å². The van der Waals surface area contributed by atoms with Gasteiger partial charge in [0.05, 0.1) is 6.10 Å². The first kappa shape index (κ1) is 11.7. The van der Waals surface area contributed by atoms with Crippen molar-refractivity contribution in [3.63, 3.8) is 0 Å². The second-order valence-corrected chi connectivity index (χ2v) is 3.63. The molecule has 1 N–H and O–H groups in total. The van der Waals surface area contributed by atoms with Crippen LogP contribution in [0.25, 0.3) is 0 Å². The fraction of sp³-hybridized carbons (Fsp3) is 0.308. The number of ketones is 1. The molecule has 80 valence electrons. The molecule has 1 unspecified atom stereocenters. The molecule has 0 saturated carbocycles. The van der Waals surface area contributed by atoms with Crippen LogP contribution in [-0.2, 0) is 0 Å². The van der Waals surface area contributed by atoms with E-state index in [0.717, 1.165) is 5.56 Å². The Morgan fingerprint density at radius 1 is 1.47 bits per heavy atom. The molecule has 0 aromatic heterocycles. The summed E-state index contributed by atoms with van der Waals surface area (Å²) in [5, 5.41) is 9.23. The van der Waals surface area contributed by atoms with Crippen LogP contribution in [0.5, 0.6) is 0 Å². The van der Waals surface area contributed by atoms with E-state index in [4.69, 9.17) is 0 Å². The van der Waals surface area contributed by atoms with Crippen LogP contribution in [0, 0.1) is 6.92 Å². The zero-order valence-corrected chi connectivity index (χ0v) is 8.94. The minimum Gasteiger partial charge on any atom is -0.389 e. The maximum absolute atomic E-state index is 11.6. The molecular formula is C13H16O2. The molecule has 1 aromatic rings. The van der Waals surface area contributed by atoms with Crippen molar-refractivity contribution in [1.29, 1.82) is 0 Å². The van der Waals surface area contributed by atoms with E-state index >= 15 is 0 Å². The number of benzene rings is 1. The third kappa shape index (κ3) is 3.68. The molecular weight excluding hydrogens is 188 g/mol. The first-order valence-corrected chi connectivity index (χ1v) is 5.04. The smallest absolute Gasteiger partial charge is 0.162 e. The van der Waals surface area contributed by atoms with E-state index in [2.05, 4.69) is 6.58 Å². The first-order valence-electron chi connectivity index (χ1n) is 5.04. The lowest BCUT2D eigenvalue weighted by molar-refractivity contribution is 0.0959. The summed E-state index contributed by atoms with van der Waals surface area (Å²) in [5.74, 6) is 0.0656. The first-order chi connectivity index (χ1) is 7.13. The highest BCUT2D eigenvalue weighted by Crippen LogP contribution is 2.09. The van der Waals surface area contributed by atoms with Gasteiger partial charge in [-0.05, 0) is 13.3 Å². The lowest BCUT2D eigenvalue weighted by Gasteiger charge is -2.04. The third-order valence-corrected chi connectivity index (χ3v) is 2.31. The Morgan fingerprint density at radius 2 is 2.07 bits per heavy atom. The second-order valence-electron chi connectivity index (χ2n) is 3.63. The largest absolute Gasteiger partial charge is 0.389 e. The van der Waals surface area contributed by atoms with Gasteiger partial charge in [0.25, 0.3) is 0 Å². The molecule has 0 aliphatic heterocycles. The van der Waals surface area contributed by atoms with Crippen LogP contribution in [0.1, 0.15) is 28.8 Å². The Morgan fingerprint density at radius 3 is 2.60 bits per heavy atom. The van der Waals surface area contributed by atoms with Crippen LogP contribution in [0.4, 0.5) is 0 Å². The molecule has 1 atom stereocenters. The lowest BCUT2D eigenvalue weighted by atomic mass is 10.0. The van der Waals surface area contributed by atoms with E-state index in [1.54, 1.807) is 0 Å². The topological polar surface area (TPSA) is 37.3 Å². The zero-order chi connectivity index (χ0) is 11.3. The number of carbonyl (C=O) groups excluding carboxylic acids is 1. The quantitative estimate of drug-likeness (QED) is 0.591. The van der Waals surface area contributed by atoms with Crippen LogP contribution in [0.2, 0.25) is 0 Å². The van der Waals surface area contributed by atoms with Crippen molar-refractivity contribution in [2.75, 3.05) is 0 Å². The Labute approximate surface area is 90.3 Å². The number of aliphatic hydroxyl groups is 1. The Bertz CT molecular complexity index is 338. The van der Waals surface area contributed by atoms with Gasteiger partial charge in [-0.15, -0.1) is 6.58 Å². The molecule has 0 saturated heterocycles. The van der Waals surface area contributed by atoms with Crippen molar-refractivity contribution >= 4 is 5.78 Å². The van der Waals surface area contributed by atoms with Gasteiger partial charge in [0.1, 0.15) is 0 Å². The van der Waals surface area contributed by atoms with Crippen LogP contribution >= 0.6 is 0 Å². The number of hydrogen-bond acceptors (Lipinski definition) is 2. The number of aliphatic hydroxyl groups excluding tert-OH is 1. The molecule has 2 nitrogen and oxygen atoms in total. The SMILES string of the molecule is C=CC(O)CCC(=O)c1ccc(C)cc1.